The molecule has 1 aliphatic heterocycles. The second kappa shape index (κ2) is 4.80. The molecule has 0 bridgehead atoms. The molecule has 0 saturated carbocycles. The van der Waals surface area contributed by atoms with Crippen molar-refractivity contribution < 1.29 is 13.2 Å². The number of rotatable bonds is 4. The van der Waals surface area contributed by atoms with Crippen molar-refractivity contribution in [2.24, 2.45) is 0 Å². The third-order valence-corrected chi connectivity index (χ3v) is 5.07. The lowest BCUT2D eigenvalue weighted by Crippen LogP contribution is -2.35. The number of alkyl halides is 1. The average Bonchev–Trinajstić information content (AvgIpc) is 2.45. The Morgan fingerprint density at radius 1 is 1.53 bits per heavy atom. The standard InChI is InChI=1S/C8H15BrN2O3S/c1-10(2)15(13,14)6-5-11-4-3-7(9)8(11)12/h7H,3-6H2,1-2H3. The molecular weight excluding hydrogens is 284 g/mol. The summed E-state index contributed by atoms with van der Waals surface area (Å²) in [4.78, 5) is 12.9. The fraction of sp³-hybridized carbons (Fsp3) is 0.875. The summed E-state index contributed by atoms with van der Waals surface area (Å²) in [7, 11) is -0.213. The van der Waals surface area contributed by atoms with E-state index in [4.69, 9.17) is 0 Å². The first kappa shape index (κ1) is 12.9. The number of likely N-dealkylation sites (tertiary alicyclic amines) is 1. The van der Waals surface area contributed by atoms with E-state index in [0.29, 0.717) is 6.54 Å². The van der Waals surface area contributed by atoms with Crippen LogP contribution in [0.2, 0.25) is 0 Å². The Balaban J connectivity index is 2.49. The molecule has 7 heteroatoms. The first-order chi connectivity index (χ1) is 6.84. The van der Waals surface area contributed by atoms with Gasteiger partial charge in [0.05, 0.1) is 10.6 Å². The molecule has 1 saturated heterocycles. The highest BCUT2D eigenvalue weighted by Crippen LogP contribution is 2.18. The van der Waals surface area contributed by atoms with Crippen molar-refractivity contribution in [3.05, 3.63) is 0 Å². The summed E-state index contributed by atoms with van der Waals surface area (Å²) in [5.74, 6) is -0.0187. The molecule has 1 heterocycles. The van der Waals surface area contributed by atoms with Gasteiger partial charge in [-0.15, -0.1) is 0 Å². The molecule has 1 atom stereocenters. The van der Waals surface area contributed by atoms with E-state index in [1.807, 2.05) is 0 Å². The normalized spacial score (nSPS) is 22.8. The van der Waals surface area contributed by atoms with Crippen LogP contribution >= 0.6 is 15.9 Å². The number of nitrogens with zero attached hydrogens (tertiary/aromatic N) is 2. The maximum atomic E-state index is 11.5. The highest BCUT2D eigenvalue weighted by molar-refractivity contribution is 9.10. The van der Waals surface area contributed by atoms with Crippen LogP contribution < -0.4 is 0 Å². The average molecular weight is 299 g/mol. The second-order valence-corrected chi connectivity index (χ2v) is 7.09. The zero-order valence-electron chi connectivity index (χ0n) is 8.81. The van der Waals surface area contributed by atoms with Crippen LogP contribution in [0.5, 0.6) is 0 Å². The van der Waals surface area contributed by atoms with Gasteiger partial charge >= 0.3 is 0 Å². The lowest BCUT2D eigenvalue weighted by atomic mass is 10.4. The highest BCUT2D eigenvalue weighted by Gasteiger charge is 2.30. The Labute approximate surface area is 98.6 Å². The topological polar surface area (TPSA) is 57.7 Å². The van der Waals surface area contributed by atoms with Gasteiger partial charge in [-0.3, -0.25) is 4.79 Å². The quantitative estimate of drug-likeness (QED) is 0.680. The maximum Gasteiger partial charge on any atom is 0.236 e. The molecule has 0 aromatic rings. The van der Waals surface area contributed by atoms with Gasteiger partial charge in [-0.2, -0.15) is 0 Å². The van der Waals surface area contributed by atoms with Gasteiger partial charge < -0.3 is 4.90 Å². The highest BCUT2D eigenvalue weighted by atomic mass is 79.9. The molecule has 1 amide bonds. The van der Waals surface area contributed by atoms with Crippen molar-refractivity contribution in [2.45, 2.75) is 11.2 Å². The molecule has 1 unspecified atom stereocenters. The lowest BCUT2D eigenvalue weighted by Gasteiger charge is -2.17. The Hall–Kier alpha value is -0.140. The van der Waals surface area contributed by atoms with E-state index >= 15 is 0 Å². The third-order valence-electron chi connectivity index (χ3n) is 2.41. The van der Waals surface area contributed by atoms with E-state index < -0.39 is 10.0 Å². The van der Waals surface area contributed by atoms with E-state index in [9.17, 15) is 13.2 Å². The summed E-state index contributed by atoms with van der Waals surface area (Å²) < 4.78 is 24.1. The number of hydrogen-bond donors (Lipinski definition) is 0. The van der Waals surface area contributed by atoms with Crippen LogP contribution in [0.4, 0.5) is 0 Å². The first-order valence-electron chi connectivity index (χ1n) is 4.67. The summed E-state index contributed by atoms with van der Waals surface area (Å²) in [5.41, 5.74) is 0. The fourth-order valence-electron chi connectivity index (χ4n) is 1.33. The fourth-order valence-corrected chi connectivity index (χ4v) is 2.64. The van der Waals surface area contributed by atoms with E-state index in [-0.39, 0.29) is 23.0 Å². The molecule has 1 fully saturated rings. The zero-order valence-corrected chi connectivity index (χ0v) is 11.2. The smallest absolute Gasteiger partial charge is 0.236 e. The van der Waals surface area contributed by atoms with Gasteiger partial charge in [0, 0.05) is 27.2 Å². The van der Waals surface area contributed by atoms with E-state index in [1.165, 1.54) is 18.4 Å². The van der Waals surface area contributed by atoms with Crippen LogP contribution in [-0.2, 0) is 14.8 Å². The number of amides is 1. The van der Waals surface area contributed by atoms with Crippen molar-refractivity contribution in [3.63, 3.8) is 0 Å². The van der Waals surface area contributed by atoms with Crippen molar-refractivity contribution >= 4 is 31.9 Å². The third kappa shape index (κ3) is 3.15. The number of hydrogen-bond acceptors (Lipinski definition) is 3. The van der Waals surface area contributed by atoms with Crippen LogP contribution in [0.25, 0.3) is 0 Å². The second-order valence-electron chi connectivity index (χ2n) is 3.68. The molecule has 0 spiro atoms. The number of carbonyl (C=O) groups is 1. The summed E-state index contributed by atoms with van der Waals surface area (Å²) in [6.07, 6.45) is 0.751. The van der Waals surface area contributed by atoms with E-state index in [0.717, 1.165) is 6.42 Å². The number of sulfonamides is 1. The van der Waals surface area contributed by atoms with Crippen molar-refractivity contribution in [1.82, 2.24) is 9.21 Å². The predicted octanol–water partition coefficient (Wildman–Crippen LogP) is -0.126. The van der Waals surface area contributed by atoms with Gasteiger partial charge in [-0.1, -0.05) is 15.9 Å². The molecule has 0 N–H and O–H groups in total. The minimum absolute atomic E-state index is 0.00847. The number of halogens is 1. The van der Waals surface area contributed by atoms with Crippen molar-refractivity contribution in [2.75, 3.05) is 32.9 Å². The lowest BCUT2D eigenvalue weighted by molar-refractivity contribution is -0.126. The molecule has 88 valence electrons. The zero-order chi connectivity index (χ0) is 11.6. The van der Waals surface area contributed by atoms with Crippen LogP contribution in [0.15, 0.2) is 0 Å². The molecular formula is C8H15BrN2O3S. The van der Waals surface area contributed by atoms with Crippen LogP contribution in [0.3, 0.4) is 0 Å². The first-order valence-corrected chi connectivity index (χ1v) is 7.20. The van der Waals surface area contributed by atoms with Crippen LogP contribution in [-0.4, -0.2) is 61.3 Å². The Bertz CT molecular complexity index is 342. The summed E-state index contributed by atoms with van der Waals surface area (Å²) in [6.45, 7) is 0.916. The van der Waals surface area contributed by atoms with Gasteiger partial charge in [0.25, 0.3) is 0 Å². The molecule has 0 aromatic heterocycles. The summed E-state index contributed by atoms with van der Waals surface area (Å²) in [5, 5.41) is 0. The van der Waals surface area contributed by atoms with Crippen LogP contribution in [0.1, 0.15) is 6.42 Å². The van der Waals surface area contributed by atoms with Crippen LogP contribution in [0, 0.1) is 0 Å². The van der Waals surface area contributed by atoms with Gasteiger partial charge in [-0.05, 0) is 6.42 Å². The van der Waals surface area contributed by atoms with Gasteiger partial charge in [0.15, 0.2) is 0 Å². The van der Waals surface area contributed by atoms with Crippen molar-refractivity contribution in [1.29, 1.82) is 0 Å². The number of carbonyl (C=O) groups excluding carboxylic acids is 1. The largest absolute Gasteiger partial charge is 0.341 e. The van der Waals surface area contributed by atoms with E-state index in [2.05, 4.69) is 15.9 Å². The summed E-state index contributed by atoms with van der Waals surface area (Å²) >= 11 is 3.24. The molecule has 0 aromatic carbocycles. The van der Waals surface area contributed by atoms with Gasteiger partial charge in [0.1, 0.15) is 0 Å². The molecule has 1 rings (SSSR count). The SMILES string of the molecule is CN(C)S(=O)(=O)CCN1CCC(Br)C1=O. The maximum absolute atomic E-state index is 11.5. The molecule has 0 aliphatic carbocycles. The monoisotopic (exact) mass is 298 g/mol. The molecule has 0 radical (unpaired) electrons. The Kier molecular flexibility index (Phi) is 4.13. The van der Waals surface area contributed by atoms with Crippen molar-refractivity contribution in [3.8, 4) is 0 Å². The van der Waals surface area contributed by atoms with E-state index in [1.54, 1.807) is 4.90 Å². The van der Waals surface area contributed by atoms with Gasteiger partial charge in [0.2, 0.25) is 15.9 Å². The Morgan fingerprint density at radius 3 is 2.53 bits per heavy atom. The molecule has 1 aliphatic rings. The minimum Gasteiger partial charge on any atom is -0.341 e. The summed E-state index contributed by atoms with van der Waals surface area (Å²) in [6, 6.07) is 0. The molecule has 5 nitrogen and oxygen atoms in total. The minimum atomic E-state index is -3.20. The predicted molar refractivity (Wildman–Crippen MR) is 61.4 cm³/mol. The molecule has 15 heavy (non-hydrogen) atoms. The van der Waals surface area contributed by atoms with Gasteiger partial charge in [-0.25, -0.2) is 12.7 Å². The Morgan fingerprint density at radius 2 is 2.13 bits per heavy atom.